The van der Waals surface area contributed by atoms with Gasteiger partial charge >= 0.3 is 5.97 Å². The zero-order valence-corrected chi connectivity index (χ0v) is 13.9. The molecule has 1 N–H and O–H groups in total. The summed E-state index contributed by atoms with van der Waals surface area (Å²) in [7, 11) is 1.54. The number of carbonyl (C=O) groups is 2. The molecule has 1 heterocycles. The second-order valence-electron chi connectivity index (χ2n) is 6.38. The largest absolute Gasteiger partial charge is 0.493 e. The van der Waals surface area contributed by atoms with Crippen LogP contribution in [0.5, 0.6) is 11.5 Å². The lowest BCUT2D eigenvalue weighted by atomic mass is 10.1. The molecule has 3 rings (SSSR count). The summed E-state index contributed by atoms with van der Waals surface area (Å²) in [5.41, 5.74) is 0.429. The number of carbonyl (C=O) groups excluding carboxylic acids is 1. The zero-order chi connectivity index (χ0) is 17.1. The van der Waals surface area contributed by atoms with Gasteiger partial charge in [0.15, 0.2) is 11.5 Å². The summed E-state index contributed by atoms with van der Waals surface area (Å²) >= 11 is 0. The van der Waals surface area contributed by atoms with E-state index in [2.05, 4.69) is 0 Å². The Kier molecular flexibility index (Phi) is 4.92. The molecule has 1 aromatic rings. The number of rotatable bonds is 5. The number of hydrogen-bond donors (Lipinski definition) is 1. The van der Waals surface area contributed by atoms with Gasteiger partial charge in [-0.15, -0.1) is 0 Å². The lowest BCUT2D eigenvalue weighted by Crippen LogP contribution is -2.40. The predicted octanol–water partition coefficient (Wildman–Crippen LogP) is 2.71. The molecule has 1 amide bonds. The summed E-state index contributed by atoms with van der Waals surface area (Å²) in [5, 5.41) is 9.25. The average Bonchev–Trinajstić information content (AvgIpc) is 3.26. The quantitative estimate of drug-likeness (QED) is 0.896. The monoisotopic (exact) mass is 333 g/mol. The average molecular weight is 333 g/mol. The number of methoxy groups -OCH3 is 1. The molecule has 1 unspecified atom stereocenters. The zero-order valence-electron chi connectivity index (χ0n) is 13.9. The second-order valence-corrected chi connectivity index (χ2v) is 6.38. The van der Waals surface area contributed by atoms with Gasteiger partial charge in [0.05, 0.1) is 13.2 Å². The molecular weight excluding hydrogens is 310 g/mol. The van der Waals surface area contributed by atoms with Crippen molar-refractivity contribution in [3.8, 4) is 11.5 Å². The Labute approximate surface area is 141 Å². The van der Waals surface area contributed by atoms with Crippen molar-refractivity contribution in [2.75, 3.05) is 13.7 Å². The minimum atomic E-state index is -0.950. The van der Waals surface area contributed by atoms with Gasteiger partial charge in [-0.1, -0.05) is 0 Å². The first-order valence-electron chi connectivity index (χ1n) is 8.48. The summed E-state index contributed by atoms with van der Waals surface area (Å²) in [5.74, 6) is -0.0735. The molecule has 1 saturated carbocycles. The number of ether oxygens (including phenoxy) is 2. The number of benzene rings is 1. The minimum Gasteiger partial charge on any atom is -0.493 e. The maximum absolute atomic E-state index is 12.7. The number of carboxylic acid groups (broad SMARTS) is 1. The van der Waals surface area contributed by atoms with E-state index in [9.17, 15) is 14.7 Å². The summed E-state index contributed by atoms with van der Waals surface area (Å²) in [4.78, 5) is 25.4. The van der Waals surface area contributed by atoms with E-state index < -0.39 is 12.0 Å². The first-order valence-corrected chi connectivity index (χ1v) is 8.48. The third-order valence-electron chi connectivity index (χ3n) is 4.81. The number of amides is 1. The van der Waals surface area contributed by atoms with Crippen molar-refractivity contribution in [3.63, 3.8) is 0 Å². The van der Waals surface area contributed by atoms with Crippen molar-refractivity contribution in [2.24, 2.45) is 0 Å². The van der Waals surface area contributed by atoms with Gasteiger partial charge in [0.2, 0.25) is 0 Å². The van der Waals surface area contributed by atoms with E-state index in [0.29, 0.717) is 36.4 Å². The van der Waals surface area contributed by atoms with E-state index in [-0.39, 0.29) is 12.0 Å². The van der Waals surface area contributed by atoms with Crippen LogP contribution in [-0.4, -0.2) is 47.7 Å². The van der Waals surface area contributed by atoms with Crippen molar-refractivity contribution in [1.82, 2.24) is 4.90 Å². The molecule has 0 bridgehead atoms. The van der Waals surface area contributed by atoms with Gasteiger partial charge in [-0.25, -0.2) is 4.79 Å². The molecule has 0 spiro atoms. The fourth-order valence-corrected chi connectivity index (χ4v) is 3.52. The summed E-state index contributed by atoms with van der Waals surface area (Å²) in [6.07, 6.45) is 5.85. The van der Waals surface area contributed by atoms with Crippen LogP contribution in [0.25, 0.3) is 0 Å². The summed E-state index contributed by atoms with van der Waals surface area (Å²) in [6.45, 7) is 0.471. The fourth-order valence-electron chi connectivity index (χ4n) is 3.52. The van der Waals surface area contributed by atoms with Gasteiger partial charge in [-0.3, -0.25) is 4.79 Å². The van der Waals surface area contributed by atoms with Crippen molar-refractivity contribution >= 4 is 11.9 Å². The normalized spacial score (nSPS) is 21.0. The summed E-state index contributed by atoms with van der Waals surface area (Å²) in [6, 6.07) is 4.34. The van der Waals surface area contributed by atoms with Crippen LogP contribution < -0.4 is 9.47 Å². The maximum atomic E-state index is 12.7. The van der Waals surface area contributed by atoms with Crippen LogP contribution in [-0.2, 0) is 4.79 Å². The first kappa shape index (κ1) is 16.6. The SMILES string of the molecule is COc1cc(C(=O)N2CCCC2C(=O)O)ccc1OC1CCCC1. The smallest absolute Gasteiger partial charge is 0.326 e. The molecule has 1 aliphatic heterocycles. The van der Waals surface area contributed by atoms with Crippen molar-refractivity contribution in [3.05, 3.63) is 23.8 Å². The van der Waals surface area contributed by atoms with E-state index in [1.807, 2.05) is 0 Å². The Bertz CT molecular complexity index is 624. The van der Waals surface area contributed by atoms with Crippen molar-refractivity contribution in [1.29, 1.82) is 0 Å². The number of carboxylic acids is 1. The van der Waals surface area contributed by atoms with Crippen molar-refractivity contribution in [2.45, 2.75) is 50.7 Å². The standard InChI is InChI=1S/C18H23NO5/c1-23-16-11-12(8-9-15(16)24-13-5-2-3-6-13)17(20)19-10-4-7-14(19)18(21)22/h8-9,11,13-14H,2-7,10H2,1H3,(H,21,22). The lowest BCUT2D eigenvalue weighted by molar-refractivity contribution is -0.141. The lowest BCUT2D eigenvalue weighted by Gasteiger charge is -2.22. The molecule has 130 valence electrons. The molecular formula is C18H23NO5. The third kappa shape index (κ3) is 3.32. The van der Waals surface area contributed by atoms with Crippen LogP contribution in [0.3, 0.4) is 0 Å². The molecule has 1 atom stereocenters. The minimum absolute atomic E-state index is 0.204. The van der Waals surface area contributed by atoms with E-state index in [1.54, 1.807) is 25.3 Å². The molecule has 0 aromatic heterocycles. The highest BCUT2D eigenvalue weighted by molar-refractivity contribution is 5.97. The van der Waals surface area contributed by atoms with Gasteiger partial charge < -0.3 is 19.5 Å². The van der Waals surface area contributed by atoms with E-state index in [4.69, 9.17) is 9.47 Å². The number of aliphatic carboxylic acids is 1. The number of nitrogens with zero attached hydrogens (tertiary/aromatic N) is 1. The Morgan fingerprint density at radius 2 is 1.88 bits per heavy atom. The highest BCUT2D eigenvalue weighted by Gasteiger charge is 2.34. The van der Waals surface area contributed by atoms with Gasteiger partial charge in [-0.2, -0.15) is 0 Å². The molecule has 2 aliphatic rings. The van der Waals surface area contributed by atoms with E-state index in [1.165, 1.54) is 17.7 Å². The van der Waals surface area contributed by atoms with Crippen LogP contribution in [0.2, 0.25) is 0 Å². The molecule has 1 aliphatic carbocycles. The van der Waals surface area contributed by atoms with Gasteiger partial charge in [0, 0.05) is 12.1 Å². The van der Waals surface area contributed by atoms with E-state index in [0.717, 1.165) is 12.8 Å². The molecule has 1 aromatic carbocycles. The summed E-state index contributed by atoms with van der Waals surface area (Å²) < 4.78 is 11.3. The molecule has 2 fully saturated rings. The van der Waals surface area contributed by atoms with Gasteiger partial charge in [0.25, 0.3) is 5.91 Å². The second kappa shape index (κ2) is 7.11. The topological polar surface area (TPSA) is 76.1 Å². The molecule has 6 heteroatoms. The highest BCUT2D eigenvalue weighted by Crippen LogP contribution is 2.33. The third-order valence-corrected chi connectivity index (χ3v) is 4.81. The molecule has 1 saturated heterocycles. The van der Waals surface area contributed by atoms with Crippen LogP contribution in [0, 0.1) is 0 Å². The predicted molar refractivity (Wildman–Crippen MR) is 87.6 cm³/mol. The van der Waals surface area contributed by atoms with Crippen LogP contribution in [0.1, 0.15) is 48.9 Å². The number of likely N-dealkylation sites (tertiary alicyclic amines) is 1. The Balaban J connectivity index is 1.78. The Hall–Kier alpha value is -2.24. The van der Waals surface area contributed by atoms with Crippen LogP contribution in [0.4, 0.5) is 0 Å². The van der Waals surface area contributed by atoms with Gasteiger partial charge in [0.1, 0.15) is 6.04 Å². The Morgan fingerprint density at radius 1 is 1.12 bits per heavy atom. The highest BCUT2D eigenvalue weighted by atomic mass is 16.5. The Morgan fingerprint density at radius 3 is 2.54 bits per heavy atom. The van der Waals surface area contributed by atoms with Crippen LogP contribution >= 0.6 is 0 Å². The van der Waals surface area contributed by atoms with E-state index >= 15 is 0 Å². The van der Waals surface area contributed by atoms with Crippen molar-refractivity contribution < 1.29 is 24.2 Å². The van der Waals surface area contributed by atoms with Gasteiger partial charge in [-0.05, 0) is 56.7 Å². The van der Waals surface area contributed by atoms with Crippen LogP contribution in [0.15, 0.2) is 18.2 Å². The fraction of sp³-hybridized carbons (Fsp3) is 0.556. The molecule has 6 nitrogen and oxygen atoms in total. The molecule has 0 radical (unpaired) electrons. The maximum Gasteiger partial charge on any atom is 0.326 e. The molecule has 24 heavy (non-hydrogen) atoms. The number of hydrogen-bond acceptors (Lipinski definition) is 4. The first-order chi connectivity index (χ1) is 11.6.